The van der Waals surface area contributed by atoms with Gasteiger partial charge in [0.25, 0.3) is 11.5 Å². The molecule has 24 heteroatoms. The zero-order chi connectivity index (χ0) is 57.1. The highest BCUT2D eigenvalue weighted by Gasteiger charge is 2.50. The molecule has 2 amide bonds. The number of pyridine rings is 2. The number of esters is 1. The summed E-state index contributed by atoms with van der Waals surface area (Å²) in [6.07, 6.45) is 1.28. The highest BCUT2D eigenvalue weighted by atomic mass is 35.5. The monoisotopic (exact) mass is 1150 g/mol. The van der Waals surface area contributed by atoms with E-state index in [9.17, 15) is 33.9 Å². The van der Waals surface area contributed by atoms with E-state index in [1.54, 1.807) is 30.9 Å². The quantitative estimate of drug-likeness (QED) is 0.0743. The van der Waals surface area contributed by atoms with Gasteiger partial charge in [0.05, 0.1) is 61.1 Å². The smallest absolute Gasteiger partial charge is 0.414 e. The van der Waals surface area contributed by atoms with Crippen molar-refractivity contribution in [3.05, 3.63) is 109 Å². The SMILES string of the molecule is C/C=C(/COC(=O)N(C)c1cc2cc3c(nc2cc1F)-c1cc2c(c(=O)n1C3)COC(=O)[C@]2(O)CC)C(=O)N1CCN(c2nc(OC[C@@]34CCCN3C[C@H](F)C4)nc3c(F)c(-c4ccc(F)c5sc(N)c(C#N)c45)c(Cl)cc23)[C@@H](C)C1. The molecule has 418 valence electrons. The molecule has 3 saturated heterocycles. The van der Waals surface area contributed by atoms with Crippen LogP contribution in [0.1, 0.15) is 68.7 Å². The zero-order valence-electron chi connectivity index (χ0n) is 44.2. The van der Waals surface area contributed by atoms with Crippen LogP contribution in [0.3, 0.4) is 0 Å². The number of hydrogen-bond donors (Lipinski definition) is 2. The standard InChI is InChI=1S/C57H51ClF4N10O8S/c1-5-28(24-79-55(76)68(4)41-15-29-14-30-22-72-42(46(30)65-40(29)18-39(41)61)17-36-35(52(72)74)25-78-53(75)57(36,77)6-2)51(73)69-12-13-71(27(3)21-69)50-33-16-37(58)44(32-8-9-38(60)48-43(32)34(20-63)49(64)81-48)45(62)47(33)66-54(67-50)80-26-56-10-7-11-70(56)23-31(59)19-56/h5,8-9,14-18,27,31,77H,6-7,10-13,19,21-26,64H2,1-4H3/b28-5-/t27-,31+,56-,57-/m0/s1. The molecule has 5 aliphatic rings. The molecule has 0 radical (unpaired) electrons. The number of piperazine rings is 1. The molecule has 5 aliphatic heterocycles. The van der Waals surface area contributed by atoms with Crippen LogP contribution in [0.2, 0.25) is 5.02 Å². The van der Waals surface area contributed by atoms with Gasteiger partial charge in [-0.15, -0.1) is 11.3 Å². The lowest BCUT2D eigenvalue weighted by Gasteiger charge is -2.41. The van der Waals surface area contributed by atoms with Crippen molar-refractivity contribution in [2.45, 2.75) is 83.0 Å². The van der Waals surface area contributed by atoms with Gasteiger partial charge in [0, 0.05) is 84.6 Å². The van der Waals surface area contributed by atoms with Crippen molar-refractivity contribution in [3.63, 3.8) is 0 Å². The number of nitrogen functional groups attached to an aromatic ring is 1. The van der Waals surface area contributed by atoms with E-state index < -0.39 is 70.9 Å². The number of nitriles is 1. The number of aromatic nitrogens is 4. The number of amides is 2. The van der Waals surface area contributed by atoms with E-state index in [0.717, 1.165) is 34.8 Å². The minimum Gasteiger partial charge on any atom is -0.461 e. The van der Waals surface area contributed by atoms with E-state index in [1.807, 2.05) is 17.9 Å². The molecule has 0 unspecified atom stereocenters. The predicted octanol–water partition coefficient (Wildman–Crippen LogP) is 8.64. The predicted molar refractivity (Wildman–Crippen MR) is 294 cm³/mol. The van der Waals surface area contributed by atoms with Gasteiger partial charge in [0.1, 0.15) is 60.0 Å². The normalized spacial score (nSPS) is 21.5. The molecular weight excluding hydrogens is 1100 g/mol. The number of halogens is 5. The van der Waals surface area contributed by atoms with Gasteiger partial charge in [0.2, 0.25) is 0 Å². The molecule has 0 saturated carbocycles. The second-order valence-electron chi connectivity index (χ2n) is 21.2. The molecule has 7 aromatic rings. The Labute approximate surface area is 468 Å². The average molecular weight is 1150 g/mol. The Morgan fingerprint density at radius 3 is 2.64 bits per heavy atom. The van der Waals surface area contributed by atoms with Crippen molar-refractivity contribution in [1.29, 1.82) is 5.26 Å². The maximum absolute atomic E-state index is 17.5. The number of aliphatic hydroxyl groups is 1. The summed E-state index contributed by atoms with van der Waals surface area (Å²) in [6.45, 7) is 5.85. The maximum Gasteiger partial charge on any atom is 0.414 e. The first kappa shape index (κ1) is 53.7. The number of cyclic esters (lactones) is 1. The largest absolute Gasteiger partial charge is 0.461 e. The van der Waals surface area contributed by atoms with Crippen LogP contribution in [0.4, 0.5) is 38.9 Å². The molecule has 18 nitrogen and oxygen atoms in total. The van der Waals surface area contributed by atoms with E-state index in [1.165, 1.54) is 35.9 Å². The van der Waals surface area contributed by atoms with Crippen LogP contribution in [0.5, 0.6) is 6.01 Å². The van der Waals surface area contributed by atoms with Crippen LogP contribution in [-0.4, -0.2) is 123 Å². The van der Waals surface area contributed by atoms with Crippen molar-refractivity contribution in [3.8, 4) is 34.6 Å². The first-order valence-corrected chi connectivity index (χ1v) is 27.5. The Morgan fingerprint density at radius 2 is 1.89 bits per heavy atom. The number of fused-ring (bicyclic) bond motifs is 8. The molecule has 3 N–H and O–H groups in total. The van der Waals surface area contributed by atoms with Gasteiger partial charge in [0.15, 0.2) is 11.4 Å². The van der Waals surface area contributed by atoms with E-state index >= 15 is 13.2 Å². The fourth-order valence-electron chi connectivity index (χ4n) is 12.4. The summed E-state index contributed by atoms with van der Waals surface area (Å²) in [5, 5.41) is 22.0. The number of carbonyl (C=O) groups is 3. The van der Waals surface area contributed by atoms with E-state index in [0.29, 0.717) is 35.3 Å². The zero-order valence-corrected chi connectivity index (χ0v) is 45.7. The van der Waals surface area contributed by atoms with E-state index in [2.05, 4.69) is 14.9 Å². The molecule has 12 rings (SSSR count). The van der Waals surface area contributed by atoms with Crippen molar-refractivity contribution in [1.82, 2.24) is 29.3 Å². The topological polar surface area (TPSA) is 223 Å². The minimum absolute atomic E-state index is 0.0262. The van der Waals surface area contributed by atoms with Gasteiger partial charge in [-0.2, -0.15) is 15.2 Å². The molecule has 0 spiro atoms. The molecule has 3 aromatic carbocycles. The Hall–Kier alpha value is -7.91. The molecule has 4 aromatic heterocycles. The summed E-state index contributed by atoms with van der Waals surface area (Å²) in [4.78, 5) is 74.8. The Balaban J connectivity index is 0.774. The number of nitrogens with zero attached hydrogens (tertiary/aromatic N) is 9. The lowest BCUT2D eigenvalue weighted by atomic mass is 9.86. The highest BCUT2D eigenvalue weighted by Crippen LogP contribution is 2.47. The van der Waals surface area contributed by atoms with Gasteiger partial charge in [-0.1, -0.05) is 30.7 Å². The van der Waals surface area contributed by atoms with Crippen LogP contribution < -0.4 is 25.8 Å². The number of alkyl halides is 1. The number of allylic oxidation sites excluding steroid dienone is 1. The minimum atomic E-state index is -2.02. The molecular formula is C57H51ClF4N10O8S. The highest BCUT2D eigenvalue weighted by molar-refractivity contribution is 7.23. The number of thiophene rings is 1. The number of carbonyl (C=O) groups excluding carboxylic acids is 3. The fourth-order valence-corrected chi connectivity index (χ4v) is 13.6. The van der Waals surface area contributed by atoms with Crippen LogP contribution in [-0.2, 0) is 37.8 Å². The third kappa shape index (κ3) is 8.59. The van der Waals surface area contributed by atoms with Crippen LogP contribution in [0, 0.1) is 28.8 Å². The molecule has 4 atom stereocenters. The average Bonchev–Trinajstić information content (AvgIpc) is 4.21. The summed E-state index contributed by atoms with van der Waals surface area (Å²) >= 11 is 7.84. The number of anilines is 3. The second kappa shape index (κ2) is 20.0. The van der Waals surface area contributed by atoms with Crippen LogP contribution in [0.25, 0.3) is 54.4 Å². The molecule has 9 heterocycles. The number of ether oxygens (including phenoxy) is 3. The second-order valence-corrected chi connectivity index (χ2v) is 22.7. The van der Waals surface area contributed by atoms with Gasteiger partial charge >= 0.3 is 18.1 Å². The van der Waals surface area contributed by atoms with Gasteiger partial charge in [-0.05, 0) is 75.5 Å². The van der Waals surface area contributed by atoms with E-state index in [-0.39, 0.29) is 146 Å². The number of hydrogen-bond acceptors (Lipinski definition) is 16. The summed E-state index contributed by atoms with van der Waals surface area (Å²) in [6, 6.07) is 11.2. The van der Waals surface area contributed by atoms with Gasteiger partial charge in [-0.3, -0.25) is 19.4 Å². The maximum atomic E-state index is 17.5. The number of rotatable bonds is 10. The lowest BCUT2D eigenvalue weighted by Crippen LogP contribution is -2.54. The Kier molecular flexibility index (Phi) is 13.2. The summed E-state index contributed by atoms with van der Waals surface area (Å²) < 4.78 is 82.1. The molecule has 0 aliphatic carbocycles. The van der Waals surface area contributed by atoms with Crippen molar-refractivity contribution >= 4 is 89.3 Å². The molecule has 81 heavy (non-hydrogen) atoms. The first-order chi connectivity index (χ1) is 38.8. The Morgan fingerprint density at radius 1 is 1.09 bits per heavy atom. The third-order valence-electron chi connectivity index (χ3n) is 16.6. The third-order valence-corrected chi connectivity index (χ3v) is 18.0. The fraction of sp³-hybridized carbons (Fsp3) is 0.368. The van der Waals surface area contributed by atoms with Crippen LogP contribution >= 0.6 is 22.9 Å². The summed E-state index contributed by atoms with van der Waals surface area (Å²) in [5.74, 6) is -3.41. The van der Waals surface area contributed by atoms with Gasteiger partial charge in [-0.25, -0.2) is 32.1 Å². The van der Waals surface area contributed by atoms with E-state index in [4.69, 9.17) is 36.5 Å². The van der Waals surface area contributed by atoms with Crippen molar-refractivity contribution < 1.29 is 51.3 Å². The van der Waals surface area contributed by atoms with Crippen LogP contribution in [0.15, 0.2) is 58.9 Å². The molecule has 3 fully saturated rings. The summed E-state index contributed by atoms with van der Waals surface area (Å²) in [5.41, 5.74) is 4.67. The van der Waals surface area contributed by atoms with Crippen molar-refractivity contribution in [2.75, 3.05) is 68.5 Å². The van der Waals surface area contributed by atoms with Gasteiger partial charge < -0.3 is 39.4 Å². The number of nitrogens with two attached hydrogens (primary N) is 1. The van der Waals surface area contributed by atoms with Crippen molar-refractivity contribution in [2.24, 2.45) is 0 Å². The Bertz CT molecular complexity index is 4040. The first-order valence-electron chi connectivity index (χ1n) is 26.3. The summed E-state index contributed by atoms with van der Waals surface area (Å²) in [7, 11) is 1.32. The number of benzene rings is 3. The lowest BCUT2D eigenvalue weighted by molar-refractivity contribution is -0.172. The molecule has 0 bridgehead atoms.